The topological polar surface area (TPSA) is 52.0 Å². The first-order valence-corrected chi connectivity index (χ1v) is 7.51. The van der Waals surface area contributed by atoms with Gasteiger partial charge in [-0.3, -0.25) is 0 Å². The summed E-state index contributed by atoms with van der Waals surface area (Å²) in [5.41, 5.74) is 10.4. The Bertz CT molecular complexity index is 797. The van der Waals surface area contributed by atoms with Crippen molar-refractivity contribution < 1.29 is 4.52 Å². The van der Waals surface area contributed by atoms with Gasteiger partial charge in [-0.25, -0.2) is 0 Å². The van der Waals surface area contributed by atoms with Crippen LogP contribution in [0.3, 0.4) is 0 Å². The van der Waals surface area contributed by atoms with Gasteiger partial charge < -0.3 is 10.3 Å². The van der Waals surface area contributed by atoms with Gasteiger partial charge in [0, 0.05) is 15.1 Å². The molecule has 0 saturated heterocycles. The molecule has 0 radical (unpaired) electrons. The summed E-state index contributed by atoms with van der Waals surface area (Å²) < 4.78 is 6.18. The zero-order valence-electron chi connectivity index (χ0n) is 11.2. The number of aromatic nitrogens is 1. The quantitative estimate of drug-likeness (QED) is 0.671. The second-order valence-corrected chi connectivity index (χ2v) is 5.94. The summed E-state index contributed by atoms with van der Waals surface area (Å²) in [6.45, 7) is 2.03. The van der Waals surface area contributed by atoms with Gasteiger partial charge in [-0.1, -0.05) is 47.1 Å². The van der Waals surface area contributed by atoms with Crippen molar-refractivity contribution in [3.63, 3.8) is 0 Å². The number of aryl methyl sites for hydroxylation is 1. The highest BCUT2D eigenvalue weighted by atomic mass is 79.9. The van der Waals surface area contributed by atoms with Gasteiger partial charge in [-0.2, -0.15) is 0 Å². The fourth-order valence-electron chi connectivity index (χ4n) is 2.21. The standard InChI is InChI=1S/C16H12BrClN2O/c1-9-3-2-4-12(14(9)17)15-13(16(19)21-20-15)10-5-7-11(18)8-6-10/h2-8H,19H2,1H3. The highest BCUT2D eigenvalue weighted by molar-refractivity contribution is 9.10. The zero-order chi connectivity index (χ0) is 15.0. The van der Waals surface area contributed by atoms with Crippen LogP contribution in [0, 0.1) is 6.92 Å². The molecular weight excluding hydrogens is 352 g/mol. The molecule has 0 fully saturated rings. The van der Waals surface area contributed by atoms with Gasteiger partial charge in [0.05, 0.1) is 5.56 Å². The minimum atomic E-state index is 0.292. The van der Waals surface area contributed by atoms with Crippen molar-refractivity contribution in [3.8, 4) is 22.4 Å². The molecule has 2 aromatic carbocycles. The van der Waals surface area contributed by atoms with Crippen LogP contribution in [-0.4, -0.2) is 5.16 Å². The van der Waals surface area contributed by atoms with Gasteiger partial charge in [-0.15, -0.1) is 0 Å². The molecule has 3 aromatic rings. The summed E-state index contributed by atoms with van der Waals surface area (Å²) in [5.74, 6) is 0.292. The minimum absolute atomic E-state index is 0.292. The summed E-state index contributed by atoms with van der Waals surface area (Å²) >= 11 is 9.54. The fraction of sp³-hybridized carbons (Fsp3) is 0.0625. The summed E-state index contributed by atoms with van der Waals surface area (Å²) in [7, 11) is 0. The summed E-state index contributed by atoms with van der Waals surface area (Å²) in [4.78, 5) is 0. The summed E-state index contributed by atoms with van der Waals surface area (Å²) in [6, 6.07) is 13.4. The number of nitrogen functional groups attached to an aromatic ring is 1. The third kappa shape index (κ3) is 2.57. The molecule has 0 bridgehead atoms. The second kappa shape index (κ2) is 5.54. The van der Waals surface area contributed by atoms with E-state index in [0.29, 0.717) is 16.6 Å². The highest BCUT2D eigenvalue weighted by Gasteiger charge is 2.19. The van der Waals surface area contributed by atoms with Crippen molar-refractivity contribution in [2.24, 2.45) is 0 Å². The minimum Gasteiger partial charge on any atom is -0.367 e. The first kappa shape index (κ1) is 14.2. The molecule has 2 N–H and O–H groups in total. The van der Waals surface area contributed by atoms with Crippen LogP contribution in [0.1, 0.15) is 5.56 Å². The Labute approximate surface area is 135 Å². The van der Waals surface area contributed by atoms with Crippen molar-refractivity contribution in [1.29, 1.82) is 0 Å². The predicted octanol–water partition coefficient (Wildman–Crippen LogP) is 5.32. The lowest BCUT2D eigenvalue weighted by atomic mass is 10.00. The number of hydrogen-bond donors (Lipinski definition) is 1. The van der Waals surface area contributed by atoms with E-state index in [2.05, 4.69) is 21.1 Å². The predicted molar refractivity (Wildman–Crippen MR) is 89.2 cm³/mol. The molecule has 0 spiro atoms. The maximum absolute atomic E-state index is 5.96. The van der Waals surface area contributed by atoms with Gasteiger partial charge >= 0.3 is 0 Å². The molecule has 0 aliphatic rings. The van der Waals surface area contributed by atoms with E-state index in [1.807, 2.05) is 49.4 Å². The maximum atomic E-state index is 5.96. The Balaban J connectivity index is 2.22. The Hall–Kier alpha value is -1.78. The molecule has 0 aliphatic heterocycles. The molecule has 0 amide bonds. The molecule has 106 valence electrons. The Morgan fingerprint density at radius 1 is 1.14 bits per heavy atom. The van der Waals surface area contributed by atoms with Crippen LogP contribution in [0.25, 0.3) is 22.4 Å². The number of anilines is 1. The molecular formula is C16H12BrClN2O. The first-order valence-electron chi connectivity index (χ1n) is 6.34. The number of halogens is 2. The molecule has 0 aliphatic carbocycles. The van der Waals surface area contributed by atoms with Crippen LogP contribution >= 0.6 is 27.5 Å². The van der Waals surface area contributed by atoms with Crippen LogP contribution in [0.2, 0.25) is 5.02 Å². The van der Waals surface area contributed by atoms with E-state index in [9.17, 15) is 0 Å². The van der Waals surface area contributed by atoms with E-state index < -0.39 is 0 Å². The van der Waals surface area contributed by atoms with Crippen LogP contribution < -0.4 is 5.73 Å². The van der Waals surface area contributed by atoms with Crippen molar-refractivity contribution >= 4 is 33.4 Å². The highest BCUT2D eigenvalue weighted by Crippen LogP contribution is 2.40. The molecule has 1 aromatic heterocycles. The van der Waals surface area contributed by atoms with E-state index in [1.54, 1.807) is 0 Å². The van der Waals surface area contributed by atoms with E-state index in [-0.39, 0.29) is 0 Å². The second-order valence-electron chi connectivity index (χ2n) is 4.71. The molecule has 1 heterocycles. The smallest absolute Gasteiger partial charge is 0.230 e. The Morgan fingerprint density at radius 3 is 2.57 bits per heavy atom. The van der Waals surface area contributed by atoms with Crippen molar-refractivity contribution in [3.05, 3.63) is 57.5 Å². The lowest BCUT2D eigenvalue weighted by Crippen LogP contribution is -1.89. The third-order valence-electron chi connectivity index (χ3n) is 3.30. The molecule has 3 rings (SSSR count). The number of benzene rings is 2. The lowest BCUT2D eigenvalue weighted by Gasteiger charge is -2.07. The van der Waals surface area contributed by atoms with E-state index in [4.69, 9.17) is 21.9 Å². The molecule has 5 heteroatoms. The van der Waals surface area contributed by atoms with Crippen molar-refractivity contribution in [1.82, 2.24) is 5.16 Å². The number of hydrogen-bond acceptors (Lipinski definition) is 3. The van der Waals surface area contributed by atoms with Crippen molar-refractivity contribution in [2.45, 2.75) is 6.92 Å². The van der Waals surface area contributed by atoms with Gasteiger partial charge in [0.2, 0.25) is 5.88 Å². The molecule has 3 nitrogen and oxygen atoms in total. The fourth-order valence-corrected chi connectivity index (χ4v) is 2.79. The molecule has 0 atom stereocenters. The van der Waals surface area contributed by atoms with Crippen LogP contribution in [0.15, 0.2) is 51.5 Å². The number of nitrogens with two attached hydrogens (primary N) is 1. The summed E-state index contributed by atoms with van der Waals surface area (Å²) in [6.07, 6.45) is 0. The van der Waals surface area contributed by atoms with Crippen LogP contribution in [-0.2, 0) is 0 Å². The average Bonchev–Trinajstić information content (AvgIpc) is 2.85. The Morgan fingerprint density at radius 2 is 1.86 bits per heavy atom. The van der Waals surface area contributed by atoms with E-state index >= 15 is 0 Å². The lowest BCUT2D eigenvalue weighted by molar-refractivity contribution is 0.439. The van der Waals surface area contributed by atoms with Gasteiger partial charge in [0.1, 0.15) is 5.69 Å². The van der Waals surface area contributed by atoms with Gasteiger partial charge in [0.25, 0.3) is 0 Å². The Kier molecular flexibility index (Phi) is 3.74. The van der Waals surface area contributed by atoms with Crippen molar-refractivity contribution in [2.75, 3.05) is 5.73 Å². The van der Waals surface area contributed by atoms with E-state index in [1.165, 1.54) is 0 Å². The average molecular weight is 364 g/mol. The van der Waals surface area contributed by atoms with E-state index in [0.717, 1.165) is 26.7 Å². The maximum Gasteiger partial charge on any atom is 0.230 e. The zero-order valence-corrected chi connectivity index (χ0v) is 13.6. The SMILES string of the molecule is Cc1cccc(-c2noc(N)c2-c2ccc(Cl)cc2)c1Br. The number of nitrogens with zero attached hydrogens (tertiary/aromatic N) is 1. The first-order chi connectivity index (χ1) is 10.1. The largest absolute Gasteiger partial charge is 0.367 e. The third-order valence-corrected chi connectivity index (χ3v) is 4.60. The van der Waals surface area contributed by atoms with Crippen LogP contribution in [0.5, 0.6) is 0 Å². The summed E-state index contributed by atoms with van der Waals surface area (Å²) in [5, 5.41) is 4.80. The molecule has 0 unspecified atom stereocenters. The van der Waals surface area contributed by atoms with Gasteiger partial charge in [0.15, 0.2) is 0 Å². The number of rotatable bonds is 2. The molecule has 0 saturated carbocycles. The monoisotopic (exact) mass is 362 g/mol. The molecule has 21 heavy (non-hydrogen) atoms. The van der Waals surface area contributed by atoms with Gasteiger partial charge in [-0.05, 0) is 46.1 Å². The normalized spacial score (nSPS) is 10.8. The van der Waals surface area contributed by atoms with Crippen LogP contribution in [0.4, 0.5) is 5.88 Å².